The zero-order chi connectivity index (χ0) is 10.3. The zero-order valence-electron chi connectivity index (χ0n) is 7.06. The number of rotatable bonds is 5. The fourth-order valence-corrected chi connectivity index (χ4v) is 0.730. The van der Waals surface area contributed by atoms with Crippen molar-refractivity contribution in [3.63, 3.8) is 0 Å². The van der Waals surface area contributed by atoms with Gasteiger partial charge in [-0.05, 0) is 12.8 Å². The molecule has 0 aromatic rings. The van der Waals surface area contributed by atoms with Crippen LogP contribution >= 0.6 is 0 Å². The molecular weight excluding hydrogens is 178 g/mol. The molecule has 0 rings (SSSR count). The molecule has 1 atom stereocenters. The Morgan fingerprint density at radius 2 is 1.85 bits per heavy atom. The van der Waals surface area contributed by atoms with E-state index in [1.807, 2.05) is 0 Å². The van der Waals surface area contributed by atoms with Crippen LogP contribution in [0.1, 0.15) is 19.3 Å². The van der Waals surface area contributed by atoms with Crippen LogP contribution in [0.2, 0.25) is 0 Å². The summed E-state index contributed by atoms with van der Waals surface area (Å²) >= 11 is 0. The summed E-state index contributed by atoms with van der Waals surface area (Å²) in [6.07, 6.45) is 0.805. The van der Waals surface area contributed by atoms with Crippen LogP contribution in [-0.2, 0) is 19.3 Å². The Kier molecular flexibility index (Phi) is 5.77. The maximum atomic E-state index is 10.6. The van der Waals surface area contributed by atoms with Gasteiger partial charge in [0.1, 0.15) is 6.04 Å². The minimum absolute atomic E-state index is 0.113. The first kappa shape index (κ1) is 11.8. The molecule has 0 radical (unpaired) electrons. The van der Waals surface area contributed by atoms with Gasteiger partial charge in [0, 0.05) is 6.42 Å². The minimum atomic E-state index is -0.810. The lowest BCUT2D eigenvalue weighted by atomic mass is 10.1. The highest BCUT2D eigenvalue weighted by atomic mass is 16.7. The standard InChI is InChI=1S/C6H13N3O4/c7-4(6(11)13-9)2-1-3-5(10)12-8/h4H,1-3,7-9H2. The quantitative estimate of drug-likeness (QED) is 0.442. The second-order valence-electron chi connectivity index (χ2n) is 2.43. The van der Waals surface area contributed by atoms with E-state index in [4.69, 9.17) is 5.73 Å². The number of carbonyl (C=O) groups is 2. The van der Waals surface area contributed by atoms with Crippen molar-refractivity contribution < 1.29 is 19.3 Å². The first-order valence-corrected chi connectivity index (χ1v) is 3.67. The molecule has 7 heteroatoms. The number of carbonyl (C=O) groups excluding carboxylic acids is 2. The number of nitrogens with two attached hydrogens (primary N) is 3. The van der Waals surface area contributed by atoms with E-state index in [0.717, 1.165) is 0 Å². The Labute approximate surface area is 75.0 Å². The molecule has 1 unspecified atom stereocenters. The fraction of sp³-hybridized carbons (Fsp3) is 0.667. The molecule has 0 spiro atoms. The Hall–Kier alpha value is -1.18. The van der Waals surface area contributed by atoms with Gasteiger partial charge in [-0.2, -0.15) is 11.8 Å². The van der Waals surface area contributed by atoms with E-state index in [9.17, 15) is 9.59 Å². The normalized spacial score (nSPS) is 11.9. The molecule has 13 heavy (non-hydrogen) atoms. The van der Waals surface area contributed by atoms with E-state index in [-0.39, 0.29) is 6.42 Å². The van der Waals surface area contributed by atoms with Gasteiger partial charge in [-0.1, -0.05) is 0 Å². The average molecular weight is 191 g/mol. The topological polar surface area (TPSA) is 131 Å². The van der Waals surface area contributed by atoms with Gasteiger partial charge in [0.05, 0.1) is 0 Å². The van der Waals surface area contributed by atoms with Gasteiger partial charge in [0.25, 0.3) is 0 Å². The van der Waals surface area contributed by atoms with E-state index in [1.54, 1.807) is 0 Å². The van der Waals surface area contributed by atoms with E-state index in [1.165, 1.54) is 0 Å². The average Bonchev–Trinajstić information content (AvgIpc) is 2.15. The molecule has 6 N–H and O–H groups in total. The van der Waals surface area contributed by atoms with Crippen molar-refractivity contribution in [2.24, 2.45) is 17.5 Å². The minimum Gasteiger partial charge on any atom is -0.373 e. The van der Waals surface area contributed by atoms with Gasteiger partial charge in [-0.3, -0.25) is 4.79 Å². The second-order valence-corrected chi connectivity index (χ2v) is 2.43. The van der Waals surface area contributed by atoms with Gasteiger partial charge < -0.3 is 15.4 Å². The van der Waals surface area contributed by atoms with Crippen LogP contribution in [0.3, 0.4) is 0 Å². The Morgan fingerprint density at radius 1 is 1.23 bits per heavy atom. The lowest BCUT2D eigenvalue weighted by Crippen LogP contribution is -2.34. The van der Waals surface area contributed by atoms with E-state index < -0.39 is 18.0 Å². The highest BCUT2D eigenvalue weighted by molar-refractivity contribution is 5.75. The smallest absolute Gasteiger partial charge is 0.341 e. The van der Waals surface area contributed by atoms with Crippen LogP contribution < -0.4 is 17.5 Å². The van der Waals surface area contributed by atoms with Gasteiger partial charge in [-0.15, -0.1) is 0 Å². The Morgan fingerprint density at radius 3 is 2.31 bits per heavy atom. The summed E-state index contributed by atoms with van der Waals surface area (Å²) < 4.78 is 0. The lowest BCUT2D eigenvalue weighted by Gasteiger charge is -2.06. The van der Waals surface area contributed by atoms with Gasteiger partial charge in [0.15, 0.2) is 0 Å². The molecule has 76 valence electrons. The van der Waals surface area contributed by atoms with Crippen molar-refractivity contribution in [2.45, 2.75) is 25.3 Å². The molecule has 0 aliphatic rings. The third-order valence-electron chi connectivity index (χ3n) is 1.45. The van der Waals surface area contributed by atoms with Crippen LogP contribution in [0.5, 0.6) is 0 Å². The van der Waals surface area contributed by atoms with Crippen molar-refractivity contribution in [2.75, 3.05) is 0 Å². The van der Waals surface area contributed by atoms with Crippen LogP contribution in [0.25, 0.3) is 0 Å². The molecule has 0 heterocycles. The summed E-state index contributed by atoms with van der Waals surface area (Å²) in [5.41, 5.74) is 5.32. The van der Waals surface area contributed by atoms with Crippen LogP contribution in [0.4, 0.5) is 0 Å². The molecule has 7 nitrogen and oxygen atoms in total. The third-order valence-corrected chi connectivity index (χ3v) is 1.45. The van der Waals surface area contributed by atoms with Crippen molar-refractivity contribution >= 4 is 11.9 Å². The summed E-state index contributed by atoms with van der Waals surface area (Å²) in [5, 5.41) is 0. The first-order chi connectivity index (χ1) is 6.11. The zero-order valence-corrected chi connectivity index (χ0v) is 7.06. The number of hydrogen-bond acceptors (Lipinski definition) is 7. The Balaban J connectivity index is 3.53. The van der Waals surface area contributed by atoms with Crippen molar-refractivity contribution in [3.05, 3.63) is 0 Å². The highest BCUT2D eigenvalue weighted by Crippen LogP contribution is 2.00. The molecule has 0 saturated heterocycles. The largest absolute Gasteiger partial charge is 0.373 e. The van der Waals surface area contributed by atoms with Crippen LogP contribution in [0, 0.1) is 0 Å². The van der Waals surface area contributed by atoms with E-state index >= 15 is 0 Å². The predicted molar refractivity (Wildman–Crippen MR) is 42.4 cm³/mol. The molecule has 0 aliphatic carbocycles. The highest BCUT2D eigenvalue weighted by Gasteiger charge is 2.14. The predicted octanol–water partition coefficient (Wildman–Crippen LogP) is -1.68. The molecule has 0 aromatic heterocycles. The molecule has 0 amide bonds. The third kappa shape index (κ3) is 5.12. The van der Waals surface area contributed by atoms with Crippen molar-refractivity contribution in [1.82, 2.24) is 0 Å². The van der Waals surface area contributed by atoms with Gasteiger partial charge in [-0.25, -0.2) is 4.79 Å². The summed E-state index contributed by atoms with van der Waals surface area (Å²) in [6, 6.07) is -0.810. The maximum Gasteiger partial charge on any atom is 0.341 e. The maximum absolute atomic E-state index is 10.6. The summed E-state index contributed by atoms with van der Waals surface area (Å²) in [6.45, 7) is 0. The fourth-order valence-electron chi connectivity index (χ4n) is 0.730. The van der Waals surface area contributed by atoms with Gasteiger partial charge >= 0.3 is 11.9 Å². The van der Waals surface area contributed by atoms with E-state index in [0.29, 0.717) is 12.8 Å². The first-order valence-electron chi connectivity index (χ1n) is 3.67. The SMILES string of the molecule is NOC(=O)CCCC(N)C(=O)ON. The summed E-state index contributed by atoms with van der Waals surface area (Å²) in [5.74, 6) is 7.92. The second kappa shape index (κ2) is 6.35. The molecule has 0 bridgehead atoms. The molecule has 0 saturated carbocycles. The van der Waals surface area contributed by atoms with E-state index in [2.05, 4.69) is 21.5 Å². The summed E-state index contributed by atoms with van der Waals surface area (Å²) in [7, 11) is 0. The molecule has 0 aromatic carbocycles. The van der Waals surface area contributed by atoms with Crippen molar-refractivity contribution in [1.29, 1.82) is 0 Å². The van der Waals surface area contributed by atoms with Crippen molar-refractivity contribution in [3.8, 4) is 0 Å². The van der Waals surface area contributed by atoms with Crippen LogP contribution in [-0.4, -0.2) is 18.0 Å². The molecular formula is C6H13N3O4. The Bertz CT molecular complexity index is 185. The summed E-state index contributed by atoms with van der Waals surface area (Å²) in [4.78, 5) is 28.9. The lowest BCUT2D eigenvalue weighted by molar-refractivity contribution is -0.147. The van der Waals surface area contributed by atoms with Crippen LogP contribution in [0.15, 0.2) is 0 Å². The number of hydrogen-bond donors (Lipinski definition) is 3. The molecule has 0 fully saturated rings. The monoisotopic (exact) mass is 191 g/mol. The van der Waals surface area contributed by atoms with Gasteiger partial charge in [0.2, 0.25) is 0 Å². The molecule has 0 aliphatic heterocycles.